The number of benzene rings is 2. The molecule has 0 spiro atoms. The Hall–Kier alpha value is -2.96. The number of nitrogens with zero attached hydrogens (tertiary/aromatic N) is 2. The van der Waals surface area contributed by atoms with Gasteiger partial charge in [-0.2, -0.15) is 0 Å². The van der Waals surface area contributed by atoms with Crippen LogP contribution in [0.4, 0.5) is 0 Å². The van der Waals surface area contributed by atoms with Gasteiger partial charge in [0.1, 0.15) is 12.4 Å². The molecule has 0 fully saturated rings. The van der Waals surface area contributed by atoms with Crippen molar-refractivity contribution in [1.29, 1.82) is 0 Å². The number of carbonyl (C=O) groups is 1. The highest BCUT2D eigenvalue weighted by Gasteiger charge is 2.17. The van der Waals surface area contributed by atoms with Crippen molar-refractivity contribution in [2.75, 3.05) is 6.61 Å². The first-order valence-corrected chi connectivity index (χ1v) is 9.56. The van der Waals surface area contributed by atoms with Gasteiger partial charge < -0.3 is 14.6 Å². The Kier molecular flexibility index (Phi) is 7.16. The van der Waals surface area contributed by atoms with Gasteiger partial charge in [0.05, 0.1) is 0 Å². The molecule has 0 saturated carbocycles. The van der Waals surface area contributed by atoms with Crippen LogP contribution < -0.4 is 4.74 Å². The molecule has 1 unspecified atom stereocenters. The number of hydrogen-bond acceptors (Lipinski definition) is 5. The molecule has 0 aliphatic carbocycles. The Morgan fingerprint density at radius 1 is 1.14 bits per heavy atom. The molecule has 0 radical (unpaired) electrons. The minimum absolute atomic E-state index is 0.287. The average Bonchev–Trinajstić information content (AvgIpc) is 2.74. The minimum Gasteiger partial charge on any atom is -0.489 e. The molecule has 1 atom stereocenters. The maximum atomic E-state index is 11.2. The van der Waals surface area contributed by atoms with Crippen LogP contribution in [0.5, 0.6) is 5.75 Å². The Morgan fingerprint density at radius 3 is 2.52 bits per heavy atom. The number of hydrogen-bond donors (Lipinski definition) is 1. The van der Waals surface area contributed by atoms with Gasteiger partial charge in [-0.15, -0.1) is 0 Å². The van der Waals surface area contributed by atoms with Crippen molar-refractivity contribution in [3.63, 3.8) is 0 Å². The van der Waals surface area contributed by atoms with Crippen molar-refractivity contribution in [2.24, 2.45) is 0 Å². The maximum absolute atomic E-state index is 11.2. The van der Waals surface area contributed by atoms with E-state index in [0.29, 0.717) is 29.6 Å². The summed E-state index contributed by atoms with van der Waals surface area (Å²) in [6.07, 6.45) is 2.83. The molecule has 0 saturated heterocycles. The summed E-state index contributed by atoms with van der Waals surface area (Å²) in [6, 6.07) is 14.6. The molecule has 0 bridgehead atoms. The second-order valence-corrected chi connectivity index (χ2v) is 6.70. The monoisotopic (exact) mass is 412 g/mol. The zero-order chi connectivity index (χ0) is 20.6. The van der Waals surface area contributed by atoms with Crippen LogP contribution in [-0.2, 0) is 22.6 Å². The maximum Gasteiger partial charge on any atom is 0.333 e. The molecule has 1 N–H and O–H groups in total. The lowest BCUT2D eigenvalue weighted by molar-refractivity contribution is -0.149. The van der Waals surface area contributed by atoms with Crippen LogP contribution >= 0.6 is 11.6 Å². The predicted molar refractivity (Wildman–Crippen MR) is 110 cm³/mol. The molecule has 7 heteroatoms. The normalized spacial score (nSPS) is 11.8. The second-order valence-electron chi connectivity index (χ2n) is 6.30. The summed E-state index contributed by atoms with van der Waals surface area (Å²) < 4.78 is 11.1. The van der Waals surface area contributed by atoms with E-state index in [1.807, 2.05) is 24.3 Å². The number of rotatable bonds is 9. The lowest BCUT2D eigenvalue weighted by Crippen LogP contribution is -2.26. The standard InChI is InChI=1S/C22H21ClN2O4/c1-2-28-20(22(26)27)12-15-4-7-18(8-5-15)29-14-17-13-16(6-9-19(17)23)21-24-10-3-11-25-21/h3-11,13,20H,2,12,14H2,1H3,(H,26,27). The van der Waals surface area contributed by atoms with Gasteiger partial charge in [0, 0.05) is 41.6 Å². The molecule has 3 rings (SSSR count). The lowest BCUT2D eigenvalue weighted by Gasteiger charge is -2.13. The summed E-state index contributed by atoms with van der Waals surface area (Å²) in [5, 5.41) is 9.79. The molecular weight excluding hydrogens is 392 g/mol. The van der Waals surface area contributed by atoms with Crippen molar-refractivity contribution in [2.45, 2.75) is 26.1 Å². The Balaban J connectivity index is 1.65. The summed E-state index contributed by atoms with van der Waals surface area (Å²) in [6.45, 7) is 2.42. The van der Waals surface area contributed by atoms with Crippen molar-refractivity contribution in [1.82, 2.24) is 9.97 Å². The Labute approximate surface area is 174 Å². The highest BCUT2D eigenvalue weighted by atomic mass is 35.5. The third-order valence-corrected chi connectivity index (χ3v) is 4.62. The van der Waals surface area contributed by atoms with E-state index in [4.69, 9.17) is 21.1 Å². The number of aromatic nitrogens is 2. The summed E-state index contributed by atoms with van der Waals surface area (Å²) in [7, 11) is 0. The van der Waals surface area contributed by atoms with Gasteiger partial charge in [-0.25, -0.2) is 14.8 Å². The first-order chi connectivity index (χ1) is 14.1. The molecule has 0 aliphatic rings. The van der Waals surface area contributed by atoms with Crippen LogP contribution in [0.3, 0.4) is 0 Å². The van der Waals surface area contributed by atoms with E-state index < -0.39 is 12.1 Å². The number of ether oxygens (including phenoxy) is 2. The minimum atomic E-state index is -0.968. The number of halogens is 1. The van der Waals surface area contributed by atoms with Crippen LogP contribution in [-0.4, -0.2) is 33.8 Å². The predicted octanol–water partition coefficient (Wildman–Crippen LogP) is 4.41. The zero-order valence-electron chi connectivity index (χ0n) is 15.9. The summed E-state index contributed by atoms with van der Waals surface area (Å²) in [4.78, 5) is 19.7. The van der Waals surface area contributed by atoms with Crippen LogP contribution in [0.25, 0.3) is 11.4 Å². The van der Waals surface area contributed by atoms with Gasteiger partial charge in [-0.1, -0.05) is 23.7 Å². The van der Waals surface area contributed by atoms with Crippen molar-refractivity contribution in [3.8, 4) is 17.1 Å². The molecule has 1 aromatic heterocycles. The molecule has 2 aromatic carbocycles. The highest BCUT2D eigenvalue weighted by Crippen LogP contribution is 2.24. The van der Waals surface area contributed by atoms with Crippen molar-refractivity contribution < 1.29 is 19.4 Å². The third kappa shape index (κ3) is 5.76. The van der Waals surface area contributed by atoms with E-state index in [9.17, 15) is 9.90 Å². The lowest BCUT2D eigenvalue weighted by atomic mass is 10.1. The van der Waals surface area contributed by atoms with Crippen LogP contribution in [0, 0.1) is 0 Å². The number of aliphatic carboxylic acids is 1. The van der Waals surface area contributed by atoms with E-state index >= 15 is 0 Å². The molecule has 150 valence electrons. The molecule has 0 aliphatic heterocycles. The van der Waals surface area contributed by atoms with Gasteiger partial charge in [0.25, 0.3) is 0 Å². The largest absolute Gasteiger partial charge is 0.489 e. The average molecular weight is 413 g/mol. The second kappa shape index (κ2) is 10.0. The summed E-state index contributed by atoms with van der Waals surface area (Å²) in [5.41, 5.74) is 2.54. The molecular formula is C22H21ClN2O4. The molecule has 0 amide bonds. The first kappa shape index (κ1) is 20.8. The summed E-state index contributed by atoms with van der Waals surface area (Å²) >= 11 is 6.30. The summed E-state index contributed by atoms with van der Waals surface area (Å²) in [5.74, 6) is 0.315. The SMILES string of the molecule is CCOC(Cc1ccc(OCc2cc(-c3ncccn3)ccc2Cl)cc1)C(=O)O. The van der Waals surface area contributed by atoms with E-state index in [0.717, 1.165) is 16.7 Å². The van der Waals surface area contributed by atoms with E-state index in [-0.39, 0.29) is 6.61 Å². The zero-order valence-corrected chi connectivity index (χ0v) is 16.7. The van der Waals surface area contributed by atoms with Gasteiger partial charge in [0.15, 0.2) is 11.9 Å². The van der Waals surface area contributed by atoms with Crippen LogP contribution in [0.1, 0.15) is 18.1 Å². The van der Waals surface area contributed by atoms with E-state index in [2.05, 4.69) is 9.97 Å². The number of carboxylic acid groups (broad SMARTS) is 1. The van der Waals surface area contributed by atoms with Gasteiger partial charge in [-0.05, 0) is 48.9 Å². The van der Waals surface area contributed by atoms with Crippen LogP contribution in [0.2, 0.25) is 5.02 Å². The van der Waals surface area contributed by atoms with E-state index in [1.165, 1.54) is 0 Å². The molecule has 3 aromatic rings. The topological polar surface area (TPSA) is 81.5 Å². The van der Waals surface area contributed by atoms with Gasteiger partial charge >= 0.3 is 5.97 Å². The van der Waals surface area contributed by atoms with Crippen molar-refractivity contribution in [3.05, 3.63) is 77.1 Å². The van der Waals surface area contributed by atoms with Gasteiger partial charge in [-0.3, -0.25) is 0 Å². The molecule has 1 heterocycles. The molecule has 6 nitrogen and oxygen atoms in total. The fourth-order valence-electron chi connectivity index (χ4n) is 2.79. The Morgan fingerprint density at radius 2 is 1.86 bits per heavy atom. The quantitative estimate of drug-likeness (QED) is 0.560. The fraction of sp³-hybridized carbons (Fsp3) is 0.227. The van der Waals surface area contributed by atoms with Crippen molar-refractivity contribution >= 4 is 17.6 Å². The third-order valence-electron chi connectivity index (χ3n) is 4.25. The first-order valence-electron chi connectivity index (χ1n) is 9.18. The van der Waals surface area contributed by atoms with E-state index in [1.54, 1.807) is 43.6 Å². The van der Waals surface area contributed by atoms with Gasteiger partial charge in [0.2, 0.25) is 0 Å². The highest BCUT2D eigenvalue weighted by molar-refractivity contribution is 6.31. The van der Waals surface area contributed by atoms with Crippen LogP contribution in [0.15, 0.2) is 60.9 Å². The smallest absolute Gasteiger partial charge is 0.333 e. The Bertz CT molecular complexity index is 949. The number of carboxylic acids is 1. The fourth-order valence-corrected chi connectivity index (χ4v) is 2.96. The molecule has 29 heavy (non-hydrogen) atoms.